The van der Waals surface area contributed by atoms with Crippen molar-refractivity contribution >= 4 is 34.6 Å². The van der Waals surface area contributed by atoms with Crippen LogP contribution in [-0.2, 0) is 0 Å². The fraction of sp³-hybridized carbons (Fsp3) is 0.500. The number of hydrogen-bond donors (Lipinski definition) is 2. The van der Waals surface area contributed by atoms with E-state index in [0.717, 1.165) is 75.1 Å². The molecule has 0 spiro atoms. The van der Waals surface area contributed by atoms with Gasteiger partial charge in [-0.2, -0.15) is 0 Å². The number of nitrogens with one attached hydrogen (secondary N) is 2. The molecule has 0 unspecified atom stereocenters. The number of rotatable bonds is 5. The molecule has 0 aromatic heterocycles. The second kappa shape index (κ2) is 11.6. The number of para-hydroxylation sites is 1. The topological polar surface area (TPSA) is 50.9 Å². The minimum absolute atomic E-state index is 0.154. The van der Waals surface area contributed by atoms with E-state index in [1.807, 2.05) is 23.1 Å². The minimum atomic E-state index is -0.267. The lowest BCUT2D eigenvalue weighted by molar-refractivity contribution is 0.0574. The second-order valence-electron chi connectivity index (χ2n) is 10.2. The maximum atomic E-state index is 13.5. The van der Waals surface area contributed by atoms with E-state index in [1.54, 1.807) is 12.1 Å². The van der Waals surface area contributed by atoms with E-state index >= 15 is 0 Å². The van der Waals surface area contributed by atoms with E-state index in [0.29, 0.717) is 5.11 Å². The van der Waals surface area contributed by atoms with Crippen molar-refractivity contribution in [3.05, 3.63) is 59.9 Å². The number of halogens is 1. The van der Waals surface area contributed by atoms with E-state index < -0.39 is 0 Å². The van der Waals surface area contributed by atoms with Crippen LogP contribution in [0.25, 0.3) is 0 Å². The SMILES string of the molecule is O=C(c1ccccc1N1CCC(NC(=S)Nc2ccc(F)cc2)CC1)N1CCN(C2CCCC2)CC1. The lowest BCUT2D eigenvalue weighted by atomic mass is 10.0. The van der Waals surface area contributed by atoms with Crippen molar-refractivity contribution in [3.63, 3.8) is 0 Å². The van der Waals surface area contributed by atoms with Gasteiger partial charge >= 0.3 is 0 Å². The summed E-state index contributed by atoms with van der Waals surface area (Å²) in [6.07, 6.45) is 7.17. The first kappa shape index (κ1) is 25.0. The van der Waals surface area contributed by atoms with Crippen molar-refractivity contribution in [2.24, 2.45) is 0 Å². The lowest BCUT2D eigenvalue weighted by Crippen LogP contribution is -2.51. The van der Waals surface area contributed by atoms with Gasteiger partial charge in [0.15, 0.2) is 5.11 Å². The van der Waals surface area contributed by atoms with Gasteiger partial charge in [-0.15, -0.1) is 0 Å². The summed E-state index contributed by atoms with van der Waals surface area (Å²) in [4.78, 5) is 20.5. The van der Waals surface area contributed by atoms with Crippen LogP contribution in [-0.4, -0.2) is 72.2 Å². The van der Waals surface area contributed by atoms with Crippen molar-refractivity contribution in [3.8, 4) is 0 Å². The number of piperazine rings is 1. The summed E-state index contributed by atoms with van der Waals surface area (Å²) in [5.74, 6) is -0.113. The molecule has 0 radical (unpaired) electrons. The first-order chi connectivity index (χ1) is 17.6. The molecule has 192 valence electrons. The van der Waals surface area contributed by atoms with Crippen LogP contribution in [0.3, 0.4) is 0 Å². The van der Waals surface area contributed by atoms with Gasteiger partial charge in [-0.25, -0.2) is 4.39 Å². The van der Waals surface area contributed by atoms with Crippen molar-refractivity contribution in [2.75, 3.05) is 49.5 Å². The molecule has 2 heterocycles. The van der Waals surface area contributed by atoms with Crippen LogP contribution < -0.4 is 15.5 Å². The molecule has 2 aromatic carbocycles. The average molecular weight is 510 g/mol. The summed E-state index contributed by atoms with van der Waals surface area (Å²) < 4.78 is 13.1. The lowest BCUT2D eigenvalue weighted by Gasteiger charge is -2.39. The van der Waals surface area contributed by atoms with E-state index in [-0.39, 0.29) is 17.8 Å². The summed E-state index contributed by atoms with van der Waals surface area (Å²) >= 11 is 5.46. The van der Waals surface area contributed by atoms with Gasteiger partial charge in [0.05, 0.1) is 5.56 Å². The number of benzene rings is 2. The zero-order valence-corrected chi connectivity index (χ0v) is 21.6. The Bertz CT molecular complexity index is 1040. The Morgan fingerprint density at radius 3 is 2.22 bits per heavy atom. The number of carbonyl (C=O) groups excluding carboxylic acids is 1. The van der Waals surface area contributed by atoms with Gasteiger partial charge < -0.3 is 20.4 Å². The molecule has 1 saturated carbocycles. The predicted molar refractivity (Wildman–Crippen MR) is 147 cm³/mol. The first-order valence-corrected chi connectivity index (χ1v) is 13.7. The maximum Gasteiger partial charge on any atom is 0.256 e. The van der Waals surface area contributed by atoms with Crippen molar-refractivity contribution in [1.29, 1.82) is 0 Å². The largest absolute Gasteiger partial charge is 0.371 e. The van der Waals surface area contributed by atoms with E-state index in [9.17, 15) is 9.18 Å². The van der Waals surface area contributed by atoms with Crippen molar-refractivity contribution in [1.82, 2.24) is 15.1 Å². The zero-order valence-electron chi connectivity index (χ0n) is 20.8. The quantitative estimate of drug-likeness (QED) is 0.580. The van der Waals surface area contributed by atoms with Gasteiger partial charge in [0, 0.05) is 62.7 Å². The highest BCUT2D eigenvalue weighted by atomic mass is 32.1. The molecule has 36 heavy (non-hydrogen) atoms. The smallest absolute Gasteiger partial charge is 0.256 e. The number of nitrogens with zero attached hydrogens (tertiary/aromatic N) is 3. The fourth-order valence-corrected chi connectivity index (χ4v) is 6.10. The Balaban J connectivity index is 1.14. The fourth-order valence-electron chi connectivity index (χ4n) is 5.81. The Morgan fingerprint density at radius 1 is 0.861 bits per heavy atom. The van der Waals surface area contributed by atoms with Crippen LogP contribution in [0.15, 0.2) is 48.5 Å². The van der Waals surface area contributed by atoms with Gasteiger partial charge in [0.2, 0.25) is 0 Å². The molecular weight excluding hydrogens is 473 g/mol. The summed E-state index contributed by atoms with van der Waals surface area (Å²) in [5, 5.41) is 7.07. The van der Waals surface area contributed by atoms with Gasteiger partial charge in [-0.1, -0.05) is 25.0 Å². The maximum absolute atomic E-state index is 13.5. The Kier molecular flexibility index (Phi) is 8.02. The number of carbonyl (C=O) groups is 1. The molecule has 0 atom stereocenters. The molecule has 1 aliphatic carbocycles. The molecule has 1 amide bonds. The van der Waals surface area contributed by atoms with Crippen LogP contribution in [0.1, 0.15) is 48.9 Å². The van der Waals surface area contributed by atoms with Gasteiger partial charge in [-0.05, 0) is 74.3 Å². The zero-order chi connectivity index (χ0) is 24.9. The first-order valence-electron chi connectivity index (χ1n) is 13.3. The summed E-state index contributed by atoms with van der Waals surface area (Å²) in [6.45, 7) is 5.32. The third-order valence-corrected chi connectivity index (χ3v) is 8.07. The molecule has 2 aromatic rings. The molecule has 8 heteroatoms. The number of hydrogen-bond acceptors (Lipinski definition) is 4. The molecule has 6 nitrogen and oxygen atoms in total. The summed E-state index contributed by atoms with van der Waals surface area (Å²) in [7, 11) is 0. The summed E-state index contributed by atoms with van der Waals surface area (Å²) in [5.41, 5.74) is 2.61. The number of amides is 1. The highest BCUT2D eigenvalue weighted by Gasteiger charge is 2.30. The average Bonchev–Trinajstić information content (AvgIpc) is 3.45. The summed E-state index contributed by atoms with van der Waals surface area (Å²) in [6, 6.07) is 15.2. The van der Waals surface area contributed by atoms with Crippen LogP contribution in [0.4, 0.5) is 15.8 Å². The normalized spacial score (nSPS) is 19.9. The van der Waals surface area contributed by atoms with E-state index in [1.165, 1.54) is 37.8 Å². The Hall–Kier alpha value is -2.71. The monoisotopic (exact) mass is 509 g/mol. The van der Waals surface area contributed by atoms with Gasteiger partial charge in [0.25, 0.3) is 5.91 Å². The van der Waals surface area contributed by atoms with Gasteiger partial charge in [-0.3, -0.25) is 9.69 Å². The number of piperidine rings is 1. The van der Waals surface area contributed by atoms with E-state index in [2.05, 4.69) is 26.5 Å². The number of thiocarbonyl (C=S) groups is 1. The highest BCUT2D eigenvalue weighted by Crippen LogP contribution is 2.28. The molecule has 2 saturated heterocycles. The van der Waals surface area contributed by atoms with Crippen molar-refractivity contribution < 1.29 is 9.18 Å². The standard InChI is InChI=1S/C28H36FN5OS/c29-21-9-11-22(12-10-21)30-28(36)31-23-13-15-33(16-14-23)26-8-4-3-7-25(26)27(35)34-19-17-32(18-20-34)24-5-1-2-6-24/h3-4,7-12,23-24H,1-2,5-6,13-20H2,(H2,30,31,36). The predicted octanol–water partition coefficient (Wildman–Crippen LogP) is 4.48. The Labute approximate surface area is 218 Å². The molecular formula is C28H36FN5OS. The third-order valence-electron chi connectivity index (χ3n) is 7.85. The minimum Gasteiger partial charge on any atom is -0.371 e. The molecule has 3 fully saturated rings. The Morgan fingerprint density at radius 2 is 1.53 bits per heavy atom. The molecule has 2 N–H and O–H groups in total. The van der Waals surface area contributed by atoms with Crippen LogP contribution in [0.5, 0.6) is 0 Å². The second-order valence-corrected chi connectivity index (χ2v) is 10.6. The number of anilines is 2. The van der Waals surface area contributed by atoms with Crippen LogP contribution in [0.2, 0.25) is 0 Å². The molecule has 3 aliphatic rings. The van der Waals surface area contributed by atoms with Gasteiger partial charge in [0.1, 0.15) is 5.82 Å². The van der Waals surface area contributed by atoms with E-state index in [4.69, 9.17) is 12.2 Å². The molecule has 2 aliphatic heterocycles. The van der Waals surface area contributed by atoms with Crippen LogP contribution >= 0.6 is 12.2 Å². The van der Waals surface area contributed by atoms with Crippen LogP contribution in [0, 0.1) is 5.82 Å². The highest BCUT2D eigenvalue weighted by molar-refractivity contribution is 7.80. The third kappa shape index (κ3) is 5.98. The van der Waals surface area contributed by atoms with Crippen molar-refractivity contribution in [2.45, 2.75) is 50.6 Å². The molecule has 0 bridgehead atoms. The molecule has 5 rings (SSSR count).